The maximum atomic E-state index is 5.72. The minimum atomic E-state index is 0.741. The molecule has 0 amide bonds. The molecule has 0 unspecified atom stereocenters. The zero-order valence-corrected chi connectivity index (χ0v) is 8.67. The fourth-order valence-electron chi connectivity index (χ4n) is 1.75. The highest BCUT2D eigenvalue weighted by molar-refractivity contribution is 5.81. The monoisotopic (exact) mass is 209 g/mol. The van der Waals surface area contributed by atoms with Crippen LogP contribution < -0.4 is 5.73 Å². The molecule has 3 rings (SSSR count). The van der Waals surface area contributed by atoms with Gasteiger partial charge in [-0.25, -0.2) is 4.68 Å². The second-order valence-electron chi connectivity index (χ2n) is 3.73. The number of fused-ring (bicyclic) bond motifs is 1. The van der Waals surface area contributed by atoms with E-state index >= 15 is 0 Å². The average Bonchev–Trinajstić information content (AvgIpc) is 2.73. The zero-order chi connectivity index (χ0) is 11.0. The van der Waals surface area contributed by atoms with Gasteiger partial charge in [0.2, 0.25) is 0 Å². The first-order chi connectivity index (χ1) is 7.83. The number of nitrogens with two attached hydrogens (primary N) is 1. The smallest absolute Gasteiger partial charge is 0.0948 e. The van der Waals surface area contributed by atoms with Gasteiger partial charge in [0.05, 0.1) is 11.2 Å². The van der Waals surface area contributed by atoms with E-state index in [1.807, 2.05) is 59.4 Å². The number of aromatic nitrogens is 2. The molecule has 0 spiro atoms. The van der Waals surface area contributed by atoms with E-state index in [0.29, 0.717) is 0 Å². The summed E-state index contributed by atoms with van der Waals surface area (Å²) in [7, 11) is 0. The molecule has 2 aromatic carbocycles. The van der Waals surface area contributed by atoms with E-state index in [0.717, 1.165) is 22.3 Å². The van der Waals surface area contributed by atoms with Gasteiger partial charge in [-0.3, -0.25) is 0 Å². The van der Waals surface area contributed by atoms with Crippen LogP contribution >= 0.6 is 0 Å². The Hall–Kier alpha value is -2.29. The SMILES string of the molecule is Nc1ccc2cn(-c3ccccc3)nc2c1. The van der Waals surface area contributed by atoms with Crippen LogP contribution in [0.4, 0.5) is 5.69 Å². The van der Waals surface area contributed by atoms with Crippen LogP contribution in [0.2, 0.25) is 0 Å². The number of nitrogens with zero attached hydrogens (tertiary/aromatic N) is 2. The van der Waals surface area contributed by atoms with E-state index in [9.17, 15) is 0 Å². The molecule has 2 N–H and O–H groups in total. The van der Waals surface area contributed by atoms with Crippen molar-refractivity contribution in [2.24, 2.45) is 0 Å². The average molecular weight is 209 g/mol. The van der Waals surface area contributed by atoms with Gasteiger partial charge in [0.25, 0.3) is 0 Å². The van der Waals surface area contributed by atoms with Crippen molar-refractivity contribution in [2.45, 2.75) is 0 Å². The number of nitrogen functional groups attached to an aromatic ring is 1. The molecule has 0 atom stereocenters. The number of benzene rings is 2. The summed E-state index contributed by atoms with van der Waals surface area (Å²) in [5.41, 5.74) is 8.44. The fraction of sp³-hybridized carbons (Fsp3) is 0. The first kappa shape index (κ1) is 8.97. The molecule has 0 aliphatic rings. The van der Waals surface area contributed by atoms with Gasteiger partial charge < -0.3 is 5.73 Å². The normalized spacial score (nSPS) is 10.8. The van der Waals surface area contributed by atoms with Crippen LogP contribution in [0.15, 0.2) is 54.7 Å². The first-order valence-electron chi connectivity index (χ1n) is 5.13. The molecule has 3 nitrogen and oxygen atoms in total. The molecular weight excluding hydrogens is 198 g/mol. The van der Waals surface area contributed by atoms with Gasteiger partial charge in [0.15, 0.2) is 0 Å². The summed E-state index contributed by atoms with van der Waals surface area (Å²) in [6.07, 6.45) is 2.00. The van der Waals surface area contributed by atoms with Crippen LogP contribution in [0.5, 0.6) is 0 Å². The van der Waals surface area contributed by atoms with Crippen LogP contribution in [0.3, 0.4) is 0 Å². The lowest BCUT2D eigenvalue weighted by Crippen LogP contribution is -1.92. The quantitative estimate of drug-likeness (QED) is 0.626. The highest BCUT2D eigenvalue weighted by Gasteiger charge is 2.01. The predicted molar refractivity (Wildman–Crippen MR) is 65.5 cm³/mol. The molecule has 3 aromatic rings. The van der Waals surface area contributed by atoms with Crippen molar-refractivity contribution in [3.8, 4) is 5.69 Å². The lowest BCUT2D eigenvalue weighted by atomic mass is 10.2. The van der Waals surface area contributed by atoms with E-state index in [-0.39, 0.29) is 0 Å². The Labute approximate surface area is 93.1 Å². The molecule has 1 heterocycles. The van der Waals surface area contributed by atoms with Crippen molar-refractivity contribution < 1.29 is 0 Å². The van der Waals surface area contributed by atoms with Crippen molar-refractivity contribution in [1.29, 1.82) is 0 Å². The Bertz CT molecular complexity index is 626. The summed E-state index contributed by atoms with van der Waals surface area (Å²) in [6, 6.07) is 15.8. The zero-order valence-electron chi connectivity index (χ0n) is 8.67. The van der Waals surface area contributed by atoms with Crippen LogP contribution in [0.1, 0.15) is 0 Å². The van der Waals surface area contributed by atoms with Crippen molar-refractivity contribution >= 4 is 16.6 Å². The third kappa shape index (κ3) is 1.42. The molecule has 0 aliphatic heterocycles. The van der Waals surface area contributed by atoms with Gasteiger partial charge in [-0.2, -0.15) is 5.10 Å². The highest BCUT2D eigenvalue weighted by Crippen LogP contribution is 2.17. The third-order valence-electron chi connectivity index (χ3n) is 2.55. The third-order valence-corrected chi connectivity index (χ3v) is 2.55. The first-order valence-corrected chi connectivity index (χ1v) is 5.13. The molecule has 3 heteroatoms. The number of hydrogen-bond donors (Lipinski definition) is 1. The predicted octanol–water partition coefficient (Wildman–Crippen LogP) is 2.61. The Balaban J connectivity index is 2.19. The van der Waals surface area contributed by atoms with Crippen molar-refractivity contribution in [3.63, 3.8) is 0 Å². The number of anilines is 1. The van der Waals surface area contributed by atoms with Crippen molar-refractivity contribution in [3.05, 3.63) is 54.7 Å². The lowest BCUT2D eigenvalue weighted by molar-refractivity contribution is 0.896. The number of para-hydroxylation sites is 1. The molecule has 0 bridgehead atoms. The number of hydrogen-bond acceptors (Lipinski definition) is 2. The Morgan fingerprint density at radius 3 is 2.62 bits per heavy atom. The highest BCUT2D eigenvalue weighted by atomic mass is 15.3. The standard InChI is InChI=1S/C13H11N3/c14-11-7-6-10-9-16(15-13(10)8-11)12-4-2-1-3-5-12/h1-9H,14H2. The summed E-state index contributed by atoms with van der Waals surface area (Å²) in [4.78, 5) is 0. The molecule has 0 saturated heterocycles. The Kier molecular flexibility index (Phi) is 1.90. The van der Waals surface area contributed by atoms with Gasteiger partial charge in [0, 0.05) is 17.3 Å². The topological polar surface area (TPSA) is 43.8 Å². The van der Waals surface area contributed by atoms with E-state index in [1.165, 1.54) is 0 Å². The molecule has 0 aliphatic carbocycles. The van der Waals surface area contributed by atoms with Crippen molar-refractivity contribution in [2.75, 3.05) is 5.73 Å². The van der Waals surface area contributed by atoms with Crippen molar-refractivity contribution in [1.82, 2.24) is 9.78 Å². The lowest BCUT2D eigenvalue weighted by Gasteiger charge is -1.98. The van der Waals surface area contributed by atoms with Gasteiger partial charge in [-0.15, -0.1) is 0 Å². The Morgan fingerprint density at radius 1 is 1.00 bits per heavy atom. The van der Waals surface area contributed by atoms with Crippen LogP contribution in [0, 0.1) is 0 Å². The number of rotatable bonds is 1. The largest absolute Gasteiger partial charge is 0.399 e. The molecule has 0 saturated carbocycles. The minimum Gasteiger partial charge on any atom is -0.399 e. The summed E-state index contributed by atoms with van der Waals surface area (Å²) < 4.78 is 1.87. The Morgan fingerprint density at radius 2 is 1.81 bits per heavy atom. The van der Waals surface area contributed by atoms with Gasteiger partial charge >= 0.3 is 0 Å². The maximum Gasteiger partial charge on any atom is 0.0948 e. The molecule has 1 aromatic heterocycles. The van der Waals surface area contributed by atoms with Crippen LogP contribution in [-0.4, -0.2) is 9.78 Å². The maximum absolute atomic E-state index is 5.72. The summed E-state index contributed by atoms with van der Waals surface area (Å²) in [5, 5.41) is 5.58. The molecule has 0 fully saturated rings. The van der Waals surface area contributed by atoms with Gasteiger partial charge in [0.1, 0.15) is 0 Å². The van der Waals surface area contributed by atoms with E-state index in [1.54, 1.807) is 0 Å². The van der Waals surface area contributed by atoms with E-state index < -0.39 is 0 Å². The van der Waals surface area contributed by atoms with E-state index in [4.69, 9.17) is 5.73 Å². The van der Waals surface area contributed by atoms with E-state index in [2.05, 4.69) is 5.10 Å². The van der Waals surface area contributed by atoms with Gasteiger partial charge in [-0.1, -0.05) is 18.2 Å². The molecule has 78 valence electrons. The fourth-order valence-corrected chi connectivity index (χ4v) is 1.75. The van der Waals surface area contributed by atoms with Crippen LogP contribution in [-0.2, 0) is 0 Å². The molecule has 16 heavy (non-hydrogen) atoms. The molecule has 0 radical (unpaired) electrons. The minimum absolute atomic E-state index is 0.741. The second kappa shape index (κ2) is 3.38. The summed E-state index contributed by atoms with van der Waals surface area (Å²) in [6.45, 7) is 0. The van der Waals surface area contributed by atoms with Crippen LogP contribution in [0.25, 0.3) is 16.6 Å². The summed E-state index contributed by atoms with van der Waals surface area (Å²) in [5.74, 6) is 0. The molecular formula is C13H11N3. The summed E-state index contributed by atoms with van der Waals surface area (Å²) >= 11 is 0. The van der Waals surface area contributed by atoms with Gasteiger partial charge in [-0.05, 0) is 30.3 Å². The second-order valence-corrected chi connectivity index (χ2v) is 3.73.